The second-order valence-corrected chi connectivity index (χ2v) is 17.6. The average molecular weight is 695 g/mol. The maximum Gasteiger partial charge on any atom is 0.397 e. The van der Waals surface area contributed by atoms with Crippen molar-refractivity contribution in [3.8, 4) is 0 Å². The molecule has 47 heavy (non-hydrogen) atoms. The Balaban J connectivity index is 1.27. The Labute approximate surface area is 278 Å². The fourth-order valence-electron chi connectivity index (χ4n) is 11.1. The van der Waals surface area contributed by atoms with Crippen molar-refractivity contribution in [3.05, 3.63) is 0 Å². The van der Waals surface area contributed by atoms with E-state index in [1.165, 1.54) is 0 Å². The largest absolute Gasteiger partial charge is 0.397 e. The van der Waals surface area contributed by atoms with Gasteiger partial charge in [-0.15, -0.1) is 0 Å². The number of hydrogen-bond acceptors (Lipinski definition) is 12. The molecule has 5 aliphatic rings. The molecule has 0 aromatic heterocycles. The standard InChI is InChI=1S/C33H58O13S/c1-16(2)23(45-30-28(39)27(38)26(37)24(46-30)15-44-47(41,42)43)7-6-17(3)19-13-21(35)29-32(19,5)11-9-25-31(4)10-8-18(34)12-20(31)22(36)14-33(25,29)40/h16-30,34-40H,6-15H2,1-5H3,(H,41,42,43)/t17-,18+,19-,20-,21-,22+,23+,24-,25-,26-,27+,28-,29-,30-,31+,32-,33+/m1/s1. The first-order chi connectivity index (χ1) is 21.7. The van der Waals surface area contributed by atoms with Gasteiger partial charge < -0.3 is 45.2 Å². The first-order valence-electron chi connectivity index (χ1n) is 17.5. The molecule has 4 aliphatic carbocycles. The molecule has 0 aromatic carbocycles. The van der Waals surface area contributed by atoms with Crippen LogP contribution in [-0.2, 0) is 24.1 Å². The van der Waals surface area contributed by atoms with Crippen LogP contribution in [-0.4, -0.2) is 116 Å². The summed E-state index contributed by atoms with van der Waals surface area (Å²) in [6.45, 7) is 9.57. The first-order valence-corrected chi connectivity index (χ1v) is 18.8. The molecule has 1 heterocycles. The van der Waals surface area contributed by atoms with Gasteiger partial charge in [0, 0.05) is 12.3 Å². The normalized spacial score (nSPS) is 50.0. The van der Waals surface area contributed by atoms with Crippen molar-refractivity contribution < 1.29 is 62.4 Å². The molecular weight excluding hydrogens is 636 g/mol. The highest BCUT2D eigenvalue weighted by molar-refractivity contribution is 7.80. The van der Waals surface area contributed by atoms with Gasteiger partial charge in [0.1, 0.15) is 24.4 Å². The van der Waals surface area contributed by atoms with Gasteiger partial charge in [0.25, 0.3) is 0 Å². The Morgan fingerprint density at radius 2 is 1.53 bits per heavy atom. The van der Waals surface area contributed by atoms with Gasteiger partial charge in [0.2, 0.25) is 0 Å². The quantitative estimate of drug-likeness (QED) is 0.151. The van der Waals surface area contributed by atoms with Crippen LogP contribution in [0, 0.1) is 46.3 Å². The van der Waals surface area contributed by atoms with Crippen molar-refractivity contribution in [2.24, 2.45) is 46.3 Å². The summed E-state index contributed by atoms with van der Waals surface area (Å²) in [6.07, 6.45) is -4.63. The second kappa shape index (κ2) is 13.6. The fourth-order valence-corrected chi connectivity index (χ4v) is 11.4. The summed E-state index contributed by atoms with van der Waals surface area (Å²) >= 11 is 0. The minimum atomic E-state index is -4.83. The smallest absolute Gasteiger partial charge is 0.393 e. The summed E-state index contributed by atoms with van der Waals surface area (Å²) < 4.78 is 47.1. The van der Waals surface area contributed by atoms with E-state index in [9.17, 15) is 44.2 Å². The van der Waals surface area contributed by atoms with E-state index in [0.29, 0.717) is 32.1 Å². The van der Waals surface area contributed by atoms with Crippen LogP contribution >= 0.6 is 0 Å². The maximum atomic E-state index is 12.5. The van der Waals surface area contributed by atoms with Crippen LogP contribution in [0.1, 0.15) is 92.4 Å². The molecular formula is C33H58O13S. The molecule has 13 nitrogen and oxygen atoms in total. The number of rotatable bonds is 10. The molecule has 1 aliphatic heterocycles. The number of aliphatic hydroxyl groups excluding tert-OH is 6. The molecule has 0 amide bonds. The van der Waals surface area contributed by atoms with Gasteiger partial charge in [-0.05, 0) is 91.8 Å². The fraction of sp³-hybridized carbons (Fsp3) is 1.00. The molecule has 4 saturated carbocycles. The summed E-state index contributed by atoms with van der Waals surface area (Å²) in [7, 11) is -4.83. The highest BCUT2D eigenvalue weighted by Crippen LogP contribution is 2.69. The van der Waals surface area contributed by atoms with Gasteiger partial charge in [0.15, 0.2) is 6.29 Å². The lowest BCUT2D eigenvalue weighted by atomic mass is 9.42. The van der Waals surface area contributed by atoms with Crippen molar-refractivity contribution in [1.29, 1.82) is 0 Å². The first kappa shape index (κ1) is 37.8. The van der Waals surface area contributed by atoms with E-state index in [2.05, 4.69) is 25.0 Å². The molecule has 0 unspecified atom stereocenters. The van der Waals surface area contributed by atoms with Crippen LogP contribution in [0.2, 0.25) is 0 Å². The molecule has 17 atom stereocenters. The van der Waals surface area contributed by atoms with E-state index < -0.39 is 83.6 Å². The summed E-state index contributed by atoms with van der Waals surface area (Å²) in [6, 6.07) is 0. The molecule has 0 bridgehead atoms. The van der Waals surface area contributed by atoms with Gasteiger partial charge in [0.05, 0.1) is 36.6 Å². The zero-order chi connectivity index (χ0) is 34.9. The third-order valence-electron chi connectivity index (χ3n) is 13.4. The number of aliphatic hydroxyl groups is 7. The van der Waals surface area contributed by atoms with E-state index in [1.807, 2.05) is 13.8 Å². The molecule has 0 spiro atoms. The van der Waals surface area contributed by atoms with Gasteiger partial charge in [-0.2, -0.15) is 8.42 Å². The maximum absolute atomic E-state index is 12.5. The lowest BCUT2D eigenvalue weighted by molar-refractivity contribution is -0.314. The molecule has 274 valence electrons. The Kier molecular flexibility index (Phi) is 10.9. The Bertz CT molecular complexity index is 1200. The summed E-state index contributed by atoms with van der Waals surface area (Å²) in [5, 5.41) is 77.2. The number of fused-ring (bicyclic) bond motifs is 5. The van der Waals surface area contributed by atoms with E-state index in [4.69, 9.17) is 14.0 Å². The van der Waals surface area contributed by atoms with Gasteiger partial charge >= 0.3 is 10.4 Å². The van der Waals surface area contributed by atoms with E-state index in [0.717, 1.165) is 19.3 Å². The lowest BCUT2D eigenvalue weighted by Crippen LogP contribution is -2.68. The number of ether oxygens (including phenoxy) is 2. The topological polar surface area (TPSA) is 224 Å². The van der Waals surface area contributed by atoms with Crippen molar-refractivity contribution in [2.75, 3.05) is 6.61 Å². The predicted octanol–water partition coefficient (Wildman–Crippen LogP) is 1.15. The Hall–Kier alpha value is -0.490. The Morgan fingerprint density at radius 3 is 2.17 bits per heavy atom. The SMILES string of the molecule is CC(C)[C@H](CC[C@@H](C)[C@H]1C[C@@H](O)[C@@H]2[C@]1(C)CC[C@@H]1[C@@]3(C)CC[C@H](O)C[C@@H]3[C@@H](O)C[C@]12O)O[C@@H]1O[C@H](COS(=O)(=O)O)[C@@H](O)[C@H](O)[C@H]1O. The monoisotopic (exact) mass is 694 g/mol. The Morgan fingerprint density at radius 1 is 0.872 bits per heavy atom. The predicted molar refractivity (Wildman–Crippen MR) is 168 cm³/mol. The average Bonchev–Trinajstić information content (AvgIpc) is 3.25. The second-order valence-electron chi connectivity index (χ2n) is 16.5. The van der Waals surface area contributed by atoms with Crippen LogP contribution < -0.4 is 0 Å². The molecule has 14 heteroatoms. The zero-order valence-electron chi connectivity index (χ0n) is 28.3. The highest BCUT2D eigenvalue weighted by atomic mass is 32.3. The van der Waals surface area contributed by atoms with Crippen molar-refractivity contribution in [2.45, 2.75) is 153 Å². The van der Waals surface area contributed by atoms with Gasteiger partial charge in [-0.3, -0.25) is 4.55 Å². The van der Waals surface area contributed by atoms with Crippen LogP contribution in [0.15, 0.2) is 0 Å². The van der Waals surface area contributed by atoms with Crippen molar-refractivity contribution in [1.82, 2.24) is 0 Å². The third-order valence-corrected chi connectivity index (χ3v) is 13.9. The summed E-state index contributed by atoms with van der Waals surface area (Å²) in [5.41, 5.74) is -1.89. The van der Waals surface area contributed by atoms with Crippen LogP contribution in [0.5, 0.6) is 0 Å². The van der Waals surface area contributed by atoms with Crippen LogP contribution in [0.4, 0.5) is 0 Å². The molecule has 5 rings (SSSR count). The molecule has 0 radical (unpaired) electrons. The molecule has 1 saturated heterocycles. The van der Waals surface area contributed by atoms with E-state index in [-0.39, 0.29) is 46.8 Å². The third kappa shape index (κ3) is 6.93. The lowest BCUT2D eigenvalue weighted by Gasteiger charge is -2.66. The highest BCUT2D eigenvalue weighted by Gasteiger charge is 2.70. The van der Waals surface area contributed by atoms with Crippen molar-refractivity contribution >= 4 is 10.4 Å². The molecule has 8 N–H and O–H groups in total. The summed E-state index contributed by atoms with van der Waals surface area (Å²) in [4.78, 5) is 0. The van der Waals surface area contributed by atoms with Gasteiger partial charge in [-0.25, -0.2) is 4.18 Å². The van der Waals surface area contributed by atoms with Crippen LogP contribution in [0.25, 0.3) is 0 Å². The van der Waals surface area contributed by atoms with Crippen molar-refractivity contribution in [3.63, 3.8) is 0 Å². The molecule has 0 aromatic rings. The number of hydrogen-bond donors (Lipinski definition) is 8. The van der Waals surface area contributed by atoms with Gasteiger partial charge in [-0.1, -0.05) is 34.6 Å². The minimum absolute atomic E-state index is 0.0467. The van der Waals surface area contributed by atoms with Crippen LogP contribution in [0.3, 0.4) is 0 Å². The summed E-state index contributed by atoms with van der Waals surface area (Å²) in [5.74, 6) is -0.381. The zero-order valence-corrected chi connectivity index (χ0v) is 29.1. The van der Waals surface area contributed by atoms with E-state index in [1.54, 1.807) is 0 Å². The molecule has 5 fully saturated rings. The minimum Gasteiger partial charge on any atom is -0.393 e. The van der Waals surface area contributed by atoms with E-state index >= 15 is 0 Å².